The molecule has 0 fully saturated rings. The van der Waals surface area contributed by atoms with Crippen LogP contribution >= 0.6 is 0 Å². The van der Waals surface area contributed by atoms with E-state index in [1.807, 2.05) is 0 Å². The number of carbonyl (C=O) groups excluding carboxylic acids is 2. The summed E-state index contributed by atoms with van der Waals surface area (Å²) in [6, 6.07) is 0. The highest BCUT2D eigenvalue weighted by Gasteiger charge is 2.10. The summed E-state index contributed by atoms with van der Waals surface area (Å²) in [6.07, 6.45) is 29.1. The third-order valence-electron chi connectivity index (χ3n) is 7.60. The minimum absolute atomic E-state index is 0.00189. The zero-order chi connectivity index (χ0) is 27.2. The number of rotatable bonds is 29. The summed E-state index contributed by atoms with van der Waals surface area (Å²) in [5.41, 5.74) is 0. The Bertz CT molecular complexity index is 491. The monoisotopic (exact) mass is 524 g/mol. The standard InChI is InChI=1S/C33H64O4/c1-4-7-9-19-23-29-36-32(34)26-22-18-16-14-12-11-13-15-17-21-25-31(6-3)27-28-33(35)37-30-24-20-10-8-5-2/h31H,4-30H2,1-3H3. The molecule has 1 unspecified atom stereocenters. The Morgan fingerprint density at radius 2 is 0.865 bits per heavy atom. The molecule has 1 atom stereocenters. The van der Waals surface area contributed by atoms with Crippen LogP contribution in [0.5, 0.6) is 0 Å². The molecule has 0 aromatic rings. The minimum atomic E-state index is -0.00565. The van der Waals surface area contributed by atoms with Gasteiger partial charge in [-0.05, 0) is 31.6 Å². The smallest absolute Gasteiger partial charge is 0.305 e. The maximum atomic E-state index is 12.0. The second kappa shape index (κ2) is 29.5. The van der Waals surface area contributed by atoms with Gasteiger partial charge < -0.3 is 9.47 Å². The third kappa shape index (κ3) is 27.8. The summed E-state index contributed by atoms with van der Waals surface area (Å²) in [7, 11) is 0. The summed E-state index contributed by atoms with van der Waals surface area (Å²) in [5.74, 6) is 0.663. The average Bonchev–Trinajstić information content (AvgIpc) is 2.90. The molecule has 0 aromatic carbocycles. The molecule has 4 heteroatoms. The molecule has 0 amide bonds. The molecular formula is C33H64O4. The number of hydrogen-bond acceptors (Lipinski definition) is 4. The van der Waals surface area contributed by atoms with Gasteiger partial charge in [0.1, 0.15) is 0 Å². The topological polar surface area (TPSA) is 52.6 Å². The average molecular weight is 525 g/mol. The number of esters is 2. The number of hydrogen-bond donors (Lipinski definition) is 0. The predicted molar refractivity (Wildman–Crippen MR) is 158 cm³/mol. The number of ether oxygens (including phenoxy) is 2. The molecule has 0 spiro atoms. The largest absolute Gasteiger partial charge is 0.466 e. The van der Waals surface area contributed by atoms with Crippen LogP contribution in [-0.2, 0) is 19.1 Å². The minimum Gasteiger partial charge on any atom is -0.466 e. The number of carbonyl (C=O) groups is 2. The number of unbranched alkanes of at least 4 members (excludes halogenated alkanes) is 17. The molecule has 0 N–H and O–H groups in total. The Morgan fingerprint density at radius 3 is 1.35 bits per heavy atom. The molecule has 0 aliphatic carbocycles. The molecule has 37 heavy (non-hydrogen) atoms. The summed E-state index contributed by atoms with van der Waals surface area (Å²) >= 11 is 0. The lowest BCUT2D eigenvalue weighted by Crippen LogP contribution is -2.09. The van der Waals surface area contributed by atoms with E-state index < -0.39 is 0 Å². The van der Waals surface area contributed by atoms with Crippen molar-refractivity contribution in [2.75, 3.05) is 13.2 Å². The first-order valence-corrected chi connectivity index (χ1v) is 16.4. The van der Waals surface area contributed by atoms with Crippen LogP contribution in [0.15, 0.2) is 0 Å². The van der Waals surface area contributed by atoms with Crippen molar-refractivity contribution in [2.24, 2.45) is 5.92 Å². The van der Waals surface area contributed by atoms with Gasteiger partial charge in [-0.2, -0.15) is 0 Å². The second-order valence-electron chi connectivity index (χ2n) is 11.2. The third-order valence-corrected chi connectivity index (χ3v) is 7.60. The Morgan fingerprint density at radius 1 is 0.459 bits per heavy atom. The predicted octanol–water partition coefficient (Wildman–Crippen LogP) is 10.5. The summed E-state index contributed by atoms with van der Waals surface area (Å²) in [6.45, 7) is 7.90. The van der Waals surface area contributed by atoms with E-state index in [4.69, 9.17) is 9.47 Å². The van der Waals surface area contributed by atoms with Gasteiger partial charge in [-0.15, -0.1) is 0 Å². The molecule has 4 nitrogen and oxygen atoms in total. The van der Waals surface area contributed by atoms with Crippen LogP contribution in [-0.4, -0.2) is 25.2 Å². The van der Waals surface area contributed by atoms with Crippen LogP contribution in [0.3, 0.4) is 0 Å². The van der Waals surface area contributed by atoms with Crippen molar-refractivity contribution < 1.29 is 19.1 Å². The fraction of sp³-hybridized carbons (Fsp3) is 0.939. The van der Waals surface area contributed by atoms with Gasteiger partial charge in [-0.25, -0.2) is 0 Å². The molecule has 0 aliphatic heterocycles. The van der Waals surface area contributed by atoms with Gasteiger partial charge in [-0.3, -0.25) is 9.59 Å². The summed E-state index contributed by atoms with van der Waals surface area (Å²) in [4.78, 5) is 23.7. The Balaban J connectivity index is 3.42. The molecule has 0 radical (unpaired) electrons. The van der Waals surface area contributed by atoms with E-state index in [0.717, 1.165) is 32.1 Å². The van der Waals surface area contributed by atoms with Gasteiger partial charge in [0.15, 0.2) is 0 Å². The zero-order valence-electron chi connectivity index (χ0n) is 25.3. The first kappa shape index (κ1) is 35.9. The second-order valence-corrected chi connectivity index (χ2v) is 11.2. The van der Waals surface area contributed by atoms with Gasteiger partial charge in [-0.1, -0.05) is 143 Å². The molecule has 0 bridgehead atoms. The highest BCUT2D eigenvalue weighted by Crippen LogP contribution is 2.20. The van der Waals surface area contributed by atoms with Crippen molar-refractivity contribution in [1.82, 2.24) is 0 Å². The molecule has 0 aliphatic rings. The Hall–Kier alpha value is -1.06. The molecule has 220 valence electrons. The molecular weight excluding hydrogens is 460 g/mol. The maximum absolute atomic E-state index is 12.0. The van der Waals surface area contributed by atoms with Crippen molar-refractivity contribution in [3.8, 4) is 0 Å². The molecule has 0 heterocycles. The van der Waals surface area contributed by atoms with E-state index in [-0.39, 0.29) is 11.9 Å². The molecule has 0 rings (SSSR count). The van der Waals surface area contributed by atoms with Gasteiger partial charge in [0.05, 0.1) is 13.2 Å². The van der Waals surface area contributed by atoms with Crippen molar-refractivity contribution in [1.29, 1.82) is 0 Å². The van der Waals surface area contributed by atoms with E-state index in [0.29, 0.717) is 32.0 Å². The Kier molecular flexibility index (Phi) is 28.7. The van der Waals surface area contributed by atoms with Crippen LogP contribution in [0.4, 0.5) is 0 Å². The van der Waals surface area contributed by atoms with Crippen molar-refractivity contribution >= 4 is 11.9 Å². The fourth-order valence-corrected chi connectivity index (χ4v) is 4.92. The quantitative estimate of drug-likeness (QED) is 0.0721. The highest BCUT2D eigenvalue weighted by molar-refractivity contribution is 5.69. The lowest BCUT2D eigenvalue weighted by molar-refractivity contribution is -0.145. The van der Waals surface area contributed by atoms with Crippen LogP contribution in [0.2, 0.25) is 0 Å². The normalized spacial score (nSPS) is 12.0. The van der Waals surface area contributed by atoms with E-state index in [1.54, 1.807) is 0 Å². The van der Waals surface area contributed by atoms with Crippen LogP contribution in [0.25, 0.3) is 0 Å². The molecule has 0 saturated heterocycles. The summed E-state index contributed by atoms with van der Waals surface area (Å²) < 4.78 is 10.7. The lowest BCUT2D eigenvalue weighted by atomic mass is 9.93. The lowest BCUT2D eigenvalue weighted by Gasteiger charge is -2.14. The van der Waals surface area contributed by atoms with Crippen LogP contribution < -0.4 is 0 Å². The van der Waals surface area contributed by atoms with E-state index >= 15 is 0 Å². The first-order chi connectivity index (χ1) is 18.1. The van der Waals surface area contributed by atoms with Gasteiger partial charge in [0.2, 0.25) is 0 Å². The van der Waals surface area contributed by atoms with E-state index in [9.17, 15) is 9.59 Å². The van der Waals surface area contributed by atoms with Crippen molar-refractivity contribution in [2.45, 2.75) is 181 Å². The van der Waals surface area contributed by atoms with E-state index in [2.05, 4.69) is 20.8 Å². The van der Waals surface area contributed by atoms with Crippen LogP contribution in [0.1, 0.15) is 181 Å². The SMILES string of the molecule is CCCCCCCOC(=O)CCCCCCCCCCCCC(CC)CCC(=O)OCCCCCCC. The van der Waals surface area contributed by atoms with Crippen molar-refractivity contribution in [3.05, 3.63) is 0 Å². The van der Waals surface area contributed by atoms with Crippen LogP contribution in [0, 0.1) is 5.92 Å². The fourth-order valence-electron chi connectivity index (χ4n) is 4.92. The van der Waals surface area contributed by atoms with Crippen molar-refractivity contribution in [3.63, 3.8) is 0 Å². The van der Waals surface area contributed by atoms with E-state index in [1.165, 1.54) is 116 Å². The zero-order valence-corrected chi connectivity index (χ0v) is 25.3. The summed E-state index contributed by atoms with van der Waals surface area (Å²) in [5, 5.41) is 0. The van der Waals surface area contributed by atoms with Gasteiger partial charge in [0, 0.05) is 12.8 Å². The molecule has 0 saturated carbocycles. The first-order valence-electron chi connectivity index (χ1n) is 16.4. The Labute approximate surface area is 231 Å². The maximum Gasteiger partial charge on any atom is 0.305 e. The van der Waals surface area contributed by atoms with Gasteiger partial charge >= 0.3 is 11.9 Å². The highest BCUT2D eigenvalue weighted by atomic mass is 16.5. The van der Waals surface area contributed by atoms with Gasteiger partial charge in [0.25, 0.3) is 0 Å². The molecule has 0 aromatic heterocycles.